The van der Waals surface area contributed by atoms with Crippen LogP contribution in [0.2, 0.25) is 0 Å². The molecule has 5 heteroatoms. The molecule has 19 heavy (non-hydrogen) atoms. The molecule has 0 bridgehead atoms. The first-order chi connectivity index (χ1) is 9.09. The molecule has 2 heterocycles. The van der Waals surface area contributed by atoms with Crippen LogP contribution >= 0.6 is 0 Å². The van der Waals surface area contributed by atoms with E-state index in [2.05, 4.69) is 0 Å². The van der Waals surface area contributed by atoms with Gasteiger partial charge in [0.25, 0.3) is 5.91 Å². The topological polar surface area (TPSA) is 70.8 Å². The average Bonchev–Trinajstić information content (AvgIpc) is 3.00. The van der Waals surface area contributed by atoms with E-state index in [9.17, 15) is 14.7 Å². The molecule has 3 unspecified atom stereocenters. The van der Waals surface area contributed by atoms with Gasteiger partial charge >= 0.3 is 5.97 Å². The minimum Gasteiger partial charge on any atom is -0.480 e. The molecule has 1 aromatic heterocycles. The Kier molecular flexibility index (Phi) is 2.84. The third-order valence-corrected chi connectivity index (χ3v) is 4.46. The summed E-state index contributed by atoms with van der Waals surface area (Å²) in [6, 6.07) is 1.03. The number of likely N-dealkylation sites (tertiary alicyclic amines) is 1. The molecule has 1 aromatic rings. The third-order valence-electron chi connectivity index (χ3n) is 4.46. The van der Waals surface area contributed by atoms with Crippen LogP contribution in [0.4, 0.5) is 0 Å². The molecule has 1 N–H and O–H groups in total. The molecule has 0 radical (unpaired) electrons. The standard InChI is InChI=1S/C14H17NO4/c1-8-5-6-19-12(8)13(16)15-7-9-3-2-4-10(9)11(15)14(17)18/h5-6,9-11H,2-4,7H2,1H3,(H,17,18). The largest absolute Gasteiger partial charge is 0.480 e. The van der Waals surface area contributed by atoms with Crippen LogP contribution in [0.1, 0.15) is 35.4 Å². The lowest BCUT2D eigenvalue weighted by Crippen LogP contribution is -2.43. The molecule has 102 valence electrons. The number of carbonyl (C=O) groups excluding carboxylic acids is 1. The molecular formula is C14H17NO4. The van der Waals surface area contributed by atoms with Crippen molar-refractivity contribution in [2.45, 2.75) is 32.2 Å². The second kappa shape index (κ2) is 4.40. The summed E-state index contributed by atoms with van der Waals surface area (Å²) in [7, 11) is 0. The second-order valence-corrected chi connectivity index (χ2v) is 5.53. The van der Waals surface area contributed by atoms with E-state index in [0.29, 0.717) is 12.5 Å². The number of furan rings is 1. The molecule has 5 nitrogen and oxygen atoms in total. The van der Waals surface area contributed by atoms with Gasteiger partial charge in [0, 0.05) is 12.1 Å². The first kappa shape index (κ1) is 12.3. The molecule has 1 amide bonds. The van der Waals surface area contributed by atoms with Gasteiger partial charge in [0.15, 0.2) is 5.76 Å². The van der Waals surface area contributed by atoms with Crippen LogP contribution in [0.15, 0.2) is 16.7 Å². The Balaban J connectivity index is 1.90. The lowest BCUT2D eigenvalue weighted by atomic mass is 9.94. The van der Waals surface area contributed by atoms with Crippen LogP contribution in [0.25, 0.3) is 0 Å². The molecule has 0 spiro atoms. The third kappa shape index (κ3) is 1.84. The van der Waals surface area contributed by atoms with Crippen molar-refractivity contribution in [1.82, 2.24) is 4.90 Å². The number of hydrogen-bond donors (Lipinski definition) is 1. The number of amides is 1. The summed E-state index contributed by atoms with van der Waals surface area (Å²) in [5.74, 6) is -0.473. The minimum atomic E-state index is -0.896. The predicted octanol–water partition coefficient (Wildman–Crippen LogP) is 1.91. The van der Waals surface area contributed by atoms with Crippen LogP contribution in [0.5, 0.6) is 0 Å². The number of hydrogen-bond acceptors (Lipinski definition) is 3. The maximum atomic E-state index is 12.4. The number of rotatable bonds is 2. The Morgan fingerprint density at radius 1 is 1.42 bits per heavy atom. The lowest BCUT2D eigenvalue weighted by Gasteiger charge is -2.23. The number of aliphatic carboxylic acids is 1. The summed E-state index contributed by atoms with van der Waals surface area (Å²) in [6.45, 7) is 2.34. The lowest BCUT2D eigenvalue weighted by molar-refractivity contribution is -0.142. The highest BCUT2D eigenvalue weighted by Gasteiger charge is 2.50. The van der Waals surface area contributed by atoms with Crippen molar-refractivity contribution in [1.29, 1.82) is 0 Å². The summed E-state index contributed by atoms with van der Waals surface area (Å²) in [4.78, 5) is 25.4. The minimum absolute atomic E-state index is 0.108. The smallest absolute Gasteiger partial charge is 0.326 e. The zero-order valence-electron chi connectivity index (χ0n) is 10.8. The van der Waals surface area contributed by atoms with Crippen molar-refractivity contribution in [3.05, 3.63) is 23.7 Å². The summed E-state index contributed by atoms with van der Waals surface area (Å²) in [5.41, 5.74) is 0.756. The van der Waals surface area contributed by atoms with Crippen molar-refractivity contribution in [3.63, 3.8) is 0 Å². The molecule has 3 atom stereocenters. The molecule has 0 aromatic carbocycles. The maximum absolute atomic E-state index is 12.4. The van der Waals surface area contributed by atoms with Crippen LogP contribution in [0.3, 0.4) is 0 Å². The average molecular weight is 263 g/mol. The van der Waals surface area contributed by atoms with E-state index >= 15 is 0 Å². The van der Waals surface area contributed by atoms with Gasteiger partial charge in [0.05, 0.1) is 6.26 Å². The van der Waals surface area contributed by atoms with E-state index in [1.807, 2.05) is 0 Å². The van der Waals surface area contributed by atoms with Crippen molar-refractivity contribution < 1.29 is 19.1 Å². The molecule has 1 saturated heterocycles. The van der Waals surface area contributed by atoms with Crippen LogP contribution < -0.4 is 0 Å². The zero-order valence-corrected chi connectivity index (χ0v) is 10.8. The molecule has 3 rings (SSSR count). The Morgan fingerprint density at radius 3 is 2.84 bits per heavy atom. The molecule has 1 saturated carbocycles. The number of carboxylic acids is 1. The fourth-order valence-corrected chi connectivity index (χ4v) is 3.55. The maximum Gasteiger partial charge on any atom is 0.326 e. The fourth-order valence-electron chi connectivity index (χ4n) is 3.55. The predicted molar refractivity (Wildman–Crippen MR) is 66.7 cm³/mol. The van der Waals surface area contributed by atoms with Gasteiger partial charge < -0.3 is 14.4 Å². The first-order valence-corrected chi connectivity index (χ1v) is 6.67. The van der Waals surface area contributed by atoms with Gasteiger partial charge in [0.2, 0.25) is 0 Å². The summed E-state index contributed by atoms with van der Waals surface area (Å²) >= 11 is 0. The fraction of sp³-hybridized carbons (Fsp3) is 0.571. The molecular weight excluding hydrogens is 246 g/mol. The summed E-state index contributed by atoms with van der Waals surface area (Å²) < 4.78 is 5.20. The van der Waals surface area contributed by atoms with E-state index < -0.39 is 12.0 Å². The number of aryl methyl sites for hydroxylation is 1. The van der Waals surface area contributed by atoms with Gasteiger partial charge in [-0.25, -0.2) is 4.79 Å². The number of carboxylic acid groups (broad SMARTS) is 1. The Bertz CT molecular complexity index is 521. The SMILES string of the molecule is Cc1ccoc1C(=O)N1CC2CCCC2C1C(=O)O. The van der Waals surface area contributed by atoms with E-state index in [-0.39, 0.29) is 17.6 Å². The van der Waals surface area contributed by atoms with Gasteiger partial charge in [0.1, 0.15) is 6.04 Å². The highest BCUT2D eigenvalue weighted by atomic mass is 16.4. The number of carbonyl (C=O) groups is 2. The second-order valence-electron chi connectivity index (χ2n) is 5.53. The van der Waals surface area contributed by atoms with Gasteiger partial charge in [-0.3, -0.25) is 4.79 Å². The van der Waals surface area contributed by atoms with E-state index in [1.165, 1.54) is 11.2 Å². The van der Waals surface area contributed by atoms with Gasteiger partial charge in [-0.1, -0.05) is 6.42 Å². The van der Waals surface area contributed by atoms with Gasteiger partial charge in [-0.05, 0) is 37.7 Å². The van der Waals surface area contributed by atoms with Gasteiger partial charge in [-0.15, -0.1) is 0 Å². The quantitative estimate of drug-likeness (QED) is 0.884. The van der Waals surface area contributed by atoms with Crippen LogP contribution in [0, 0.1) is 18.8 Å². The van der Waals surface area contributed by atoms with Crippen molar-refractivity contribution >= 4 is 11.9 Å². The van der Waals surface area contributed by atoms with E-state index in [1.54, 1.807) is 13.0 Å². The Hall–Kier alpha value is -1.78. The van der Waals surface area contributed by atoms with Crippen molar-refractivity contribution in [2.24, 2.45) is 11.8 Å². The number of fused-ring (bicyclic) bond motifs is 1. The first-order valence-electron chi connectivity index (χ1n) is 6.67. The monoisotopic (exact) mass is 263 g/mol. The highest BCUT2D eigenvalue weighted by molar-refractivity contribution is 5.96. The summed E-state index contributed by atoms with van der Waals surface area (Å²) in [5, 5.41) is 9.42. The van der Waals surface area contributed by atoms with Crippen LogP contribution in [-0.2, 0) is 4.79 Å². The zero-order chi connectivity index (χ0) is 13.6. The number of nitrogens with zero attached hydrogens (tertiary/aromatic N) is 1. The Morgan fingerprint density at radius 2 is 2.21 bits per heavy atom. The van der Waals surface area contributed by atoms with Crippen molar-refractivity contribution in [3.8, 4) is 0 Å². The molecule has 2 fully saturated rings. The van der Waals surface area contributed by atoms with Gasteiger partial charge in [-0.2, -0.15) is 0 Å². The molecule has 2 aliphatic rings. The summed E-state index contributed by atoms with van der Waals surface area (Å²) in [6.07, 6.45) is 4.47. The molecule has 1 aliphatic heterocycles. The van der Waals surface area contributed by atoms with E-state index in [0.717, 1.165) is 24.8 Å². The van der Waals surface area contributed by atoms with Crippen molar-refractivity contribution in [2.75, 3.05) is 6.54 Å². The highest BCUT2D eigenvalue weighted by Crippen LogP contribution is 2.42. The van der Waals surface area contributed by atoms with E-state index in [4.69, 9.17) is 4.42 Å². The molecule has 1 aliphatic carbocycles. The van der Waals surface area contributed by atoms with Crippen LogP contribution in [-0.4, -0.2) is 34.5 Å². The normalized spacial score (nSPS) is 29.5. The Labute approximate surface area is 111 Å².